The summed E-state index contributed by atoms with van der Waals surface area (Å²) in [5, 5.41) is 5.17. The number of carbonyl (C=O) groups excluding carboxylic acids is 1. The van der Waals surface area contributed by atoms with E-state index in [0.29, 0.717) is 0 Å². The van der Waals surface area contributed by atoms with Gasteiger partial charge in [-0.05, 0) is 11.4 Å². The summed E-state index contributed by atoms with van der Waals surface area (Å²) in [5.41, 5.74) is 2.28. The highest BCUT2D eigenvalue weighted by Gasteiger charge is 2.23. The molecule has 0 spiro atoms. The fourth-order valence-electron chi connectivity index (χ4n) is 2.99. The highest BCUT2D eigenvalue weighted by molar-refractivity contribution is 7.13. The Labute approximate surface area is 155 Å². The lowest BCUT2D eigenvalue weighted by molar-refractivity contribution is 0.0632. The van der Waals surface area contributed by atoms with Crippen LogP contribution in [0.5, 0.6) is 0 Å². The van der Waals surface area contributed by atoms with E-state index < -0.39 is 0 Å². The molecular weight excluding hydrogens is 350 g/mol. The molecule has 1 amide bonds. The zero-order valence-electron chi connectivity index (χ0n) is 13.8. The highest BCUT2D eigenvalue weighted by atomic mass is 32.1. The molecule has 25 heavy (non-hydrogen) atoms. The van der Waals surface area contributed by atoms with Gasteiger partial charge in [0.1, 0.15) is 5.01 Å². The zero-order valence-corrected chi connectivity index (χ0v) is 15.4. The molecule has 0 unspecified atom stereocenters. The van der Waals surface area contributed by atoms with Gasteiger partial charge in [-0.3, -0.25) is 9.69 Å². The lowest BCUT2D eigenvalue weighted by atomic mass is 10.2. The van der Waals surface area contributed by atoms with Gasteiger partial charge >= 0.3 is 0 Å². The van der Waals surface area contributed by atoms with Gasteiger partial charge in [0, 0.05) is 43.7 Å². The molecule has 1 saturated heterocycles. The standard InChI is InChI=1S/C19H19N3OS2/c23-19(17-7-4-12-24-17)22-10-8-21(9-11-22)13-16-14-25-18(20-16)15-5-2-1-3-6-15/h1-7,12,14H,8-11,13H2. The molecule has 128 valence electrons. The smallest absolute Gasteiger partial charge is 0.264 e. The van der Waals surface area contributed by atoms with Crippen LogP contribution in [0.3, 0.4) is 0 Å². The number of benzene rings is 1. The largest absolute Gasteiger partial charge is 0.335 e. The van der Waals surface area contributed by atoms with Gasteiger partial charge in [-0.25, -0.2) is 4.98 Å². The van der Waals surface area contributed by atoms with Crippen molar-refractivity contribution in [3.8, 4) is 10.6 Å². The van der Waals surface area contributed by atoms with Gasteiger partial charge in [0.2, 0.25) is 0 Å². The van der Waals surface area contributed by atoms with E-state index in [2.05, 4.69) is 22.4 Å². The van der Waals surface area contributed by atoms with E-state index in [-0.39, 0.29) is 5.91 Å². The highest BCUT2D eigenvalue weighted by Crippen LogP contribution is 2.24. The first kappa shape index (κ1) is 16.4. The van der Waals surface area contributed by atoms with Crippen LogP contribution in [0.2, 0.25) is 0 Å². The van der Waals surface area contributed by atoms with Crippen LogP contribution in [0, 0.1) is 0 Å². The molecule has 0 atom stereocenters. The van der Waals surface area contributed by atoms with Crippen molar-refractivity contribution in [1.82, 2.24) is 14.8 Å². The predicted molar refractivity (Wildman–Crippen MR) is 103 cm³/mol. The van der Waals surface area contributed by atoms with Crippen molar-refractivity contribution >= 4 is 28.6 Å². The van der Waals surface area contributed by atoms with Gasteiger partial charge < -0.3 is 4.90 Å². The molecule has 2 aromatic heterocycles. The van der Waals surface area contributed by atoms with Crippen LogP contribution in [-0.2, 0) is 6.54 Å². The maximum absolute atomic E-state index is 12.4. The number of amides is 1. The van der Waals surface area contributed by atoms with Gasteiger partial charge in [0.25, 0.3) is 5.91 Å². The number of piperazine rings is 1. The Balaban J connectivity index is 1.33. The number of hydrogen-bond donors (Lipinski definition) is 0. The van der Waals surface area contributed by atoms with Crippen LogP contribution in [0.1, 0.15) is 15.4 Å². The molecule has 3 heterocycles. The Morgan fingerprint density at radius 2 is 1.80 bits per heavy atom. The Kier molecular flexibility index (Phi) is 4.92. The van der Waals surface area contributed by atoms with E-state index in [0.717, 1.165) is 48.3 Å². The first-order valence-corrected chi connectivity index (χ1v) is 10.1. The third-order valence-electron chi connectivity index (χ3n) is 4.35. The lowest BCUT2D eigenvalue weighted by Crippen LogP contribution is -2.48. The topological polar surface area (TPSA) is 36.4 Å². The normalized spacial score (nSPS) is 15.4. The monoisotopic (exact) mass is 369 g/mol. The van der Waals surface area contributed by atoms with E-state index >= 15 is 0 Å². The second kappa shape index (κ2) is 7.47. The molecule has 0 aliphatic carbocycles. The van der Waals surface area contributed by atoms with E-state index in [1.54, 1.807) is 11.3 Å². The van der Waals surface area contributed by atoms with E-state index in [1.807, 2.05) is 40.6 Å². The molecular formula is C19H19N3OS2. The number of nitrogens with zero attached hydrogens (tertiary/aromatic N) is 3. The van der Waals surface area contributed by atoms with Gasteiger partial charge in [-0.15, -0.1) is 22.7 Å². The summed E-state index contributed by atoms with van der Waals surface area (Å²) in [7, 11) is 0. The average molecular weight is 370 g/mol. The molecule has 0 saturated carbocycles. The Bertz CT molecular complexity index is 821. The van der Waals surface area contributed by atoms with Crippen molar-refractivity contribution in [2.45, 2.75) is 6.54 Å². The number of thiazole rings is 1. The van der Waals surface area contributed by atoms with Crippen LogP contribution in [0.15, 0.2) is 53.2 Å². The minimum Gasteiger partial charge on any atom is -0.335 e. The maximum atomic E-state index is 12.4. The number of carbonyl (C=O) groups is 1. The van der Waals surface area contributed by atoms with Gasteiger partial charge in [0.05, 0.1) is 10.6 Å². The number of rotatable bonds is 4. The van der Waals surface area contributed by atoms with E-state index in [1.165, 1.54) is 16.9 Å². The first-order chi connectivity index (χ1) is 12.3. The predicted octanol–water partition coefficient (Wildman–Crippen LogP) is 3.83. The van der Waals surface area contributed by atoms with Crippen molar-refractivity contribution < 1.29 is 4.79 Å². The average Bonchev–Trinajstić information content (AvgIpc) is 3.35. The summed E-state index contributed by atoms with van der Waals surface area (Å²) in [6.45, 7) is 4.22. The van der Waals surface area contributed by atoms with Crippen molar-refractivity contribution in [3.05, 3.63) is 63.8 Å². The second-order valence-corrected chi connectivity index (χ2v) is 7.86. The van der Waals surface area contributed by atoms with Gasteiger partial charge in [0.15, 0.2) is 0 Å². The van der Waals surface area contributed by atoms with Crippen molar-refractivity contribution in [1.29, 1.82) is 0 Å². The molecule has 1 aliphatic rings. The van der Waals surface area contributed by atoms with Crippen LogP contribution in [-0.4, -0.2) is 46.9 Å². The summed E-state index contributed by atoms with van der Waals surface area (Å²) in [4.78, 5) is 22.3. The minimum atomic E-state index is 0.162. The van der Waals surface area contributed by atoms with Crippen LogP contribution >= 0.6 is 22.7 Å². The third kappa shape index (κ3) is 3.81. The first-order valence-electron chi connectivity index (χ1n) is 8.34. The molecule has 1 fully saturated rings. The third-order valence-corrected chi connectivity index (χ3v) is 6.15. The zero-order chi connectivity index (χ0) is 17.1. The summed E-state index contributed by atoms with van der Waals surface area (Å²) in [5.74, 6) is 0.162. The van der Waals surface area contributed by atoms with Crippen molar-refractivity contribution in [2.24, 2.45) is 0 Å². The Hall–Kier alpha value is -2.02. The molecule has 1 aromatic carbocycles. The SMILES string of the molecule is O=C(c1cccs1)N1CCN(Cc2csc(-c3ccccc3)n2)CC1. The van der Waals surface area contributed by atoms with E-state index in [9.17, 15) is 4.79 Å². The summed E-state index contributed by atoms with van der Waals surface area (Å²) < 4.78 is 0. The molecule has 1 aliphatic heterocycles. The number of hydrogen-bond acceptors (Lipinski definition) is 5. The summed E-state index contributed by atoms with van der Waals surface area (Å²) in [6, 6.07) is 14.1. The number of thiophene rings is 1. The van der Waals surface area contributed by atoms with Crippen LogP contribution in [0.4, 0.5) is 0 Å². The van der Waals surface area contributed by atoms with Crippen molar-refractivity contribution in [2.75, 3.05) is 26.2 Å². The molecule has 0 bridgehead atoms. The Morgan fingerprint density at radius 3 is 2.52 bits per heavy atom. The molecule has 0 radical (unpaired) electrons. The molecule has 0 N–H and O–H groups in total. The van der Waals surface area contributed by atoms with Crippen molar-refractivity contribution in [3.63, 3.8) is 0 Å². The number of aromatic nitrogens is 1. The summed E-state index contributed by atoms with van der Waals surface area (Å²) >= 11 is 3.21. The lowest BCUT2D eigenvalue weighted by Gasteiger charge is -2.34. The van der Waals surface area contributed by atoms with Gasteiger partial charge in [-0.1, -0.05) is 36.4 Å². The van der Waals surface area contributed by atoms with E-state index in [4.69, 9.17) is 4.98 Å². The molecule has 4 nitrogen and oxygen atoms in total. The quantitative estimate of drug-likeness (QED) is 0.701. The fraction of sp³-hybridized carbons (Fsp3) is 0.263. The molecule has 6 heteroatoms. The second-order valence-electron chi connectivity index (χ2n) is 6.06. The molecule has 4 rings (SSSR count). The molecule has 3 aromatic rings. The van der Waals surface area contributed by atoms with Gasteiger partial charge in [-0.2, -0.15) is 0 Å². The maximum Gasteiger partial charge on any atom is 0.264 e. The minimum absolute atomic E-state index is 0.162. The fourth-order valence-corrected chi connectivity index (χ4v) is 4.50. The van der Waals surface area contributed by atoms with Crippen LogP contribution < -0.4 is 0 Å². The Morgan fingerprint density at radius 1 is 1.00 bits per heavy atom. The van der Waals surface area contributed by atoms with Crippen LogP contribution in [0.25, 0.3) is 10.6 Å². The summed E-state index contributed by atoms with van der Waals surface area (Å²) in [6.07, 6.45) is 0.